The molecule has 0 spiro atoms. The predicted molar refractivity (Wildman–Crippen MR) is 69.6 cm³/mol. The molecule has 1 amide bonds. The van der Waals surface area contributed by atoms with Gasteiger partial charge in [0.2, 0.25) is 0 Å². The highest BCUT2D eigenvalue weighted by molar-refractivity contribution is 9.10. The molecular formula is C12H9BrN3O3-. The van der Waals surface area contributed by atoms with Gasteiger partial charge < -0.3 is 15.2 Å². The van der Waals surface area contributed by atoms with Gasteiger partial charge in [0.1, 0.15) is 5.82 Å². The van der Waals surface area contributed by atoms with Gasteiger partial charge in [-0.15, -0.1) is 0 Å². The molecule has 7 heteroatoms. The molecule has 2 aromatic rings. The van der Waals surface area contributed by atoms with E-state index in [-0.39, 0.29) is 11.1 Å². The Labute approximate surface area is 117 Å². The minimum absolute atomic E-state index is 0.0376. The van der Waals surface area contributed by atoms with Crippen molar-refractivity contribution >= 4 is 33.6 Å². The molecule has 1 aromatic heterocycles. The largest absolute Gasteiger partial charge is 0.545 e. The summed E-state index contributed by atoms with van der Waals surface area (Å²) in [4.78, 5) is 23.0. The molecule has 0 fully saturated rings. The van der Waals surface area contributed by atoms with Crippen molar-refractivity contribution in [1.82, 2.24) is 9.78 Å². The highest BCUT2D eigenvalue weighted by atomic mass is 79.9. The number of carboxylic acid groups (broad SMARTS) is 1. The zero-order valence-corrected chi connectivity index (χ0v) is 11.5. The second-order valence-corrected chi connectivity index (χ2v) is 4.61. The Morgan fingerprint density at radius 3 is 2.47 bits per heavy atom. The minimum atomic E-state index is -1.39. The van der Waals surface area contributed by atoms with Crippen molar-refractivity contribution in [2.45, 2.75) is 0 Å². The first-order valence-corrected chi connectivity index (χ1v) is 6.09. The summed E-state index contributed by atoms with van der Waals surface area (Å²) in [6.45, 7) is 0. The van der Waals surface area contributed by atoms with E-state index >= 15 is 0 Å². The number of aromatic nitrogens is 2. The Kier molecular flexibility index (Phi) is 3.66. The van der Waals surface area contributed by atoms with Crippen LogP contribution in [0.5, 0.6) is 0 Å². The van der Waals surface area contributed by atoms with Gasteiger partial charge in [-0.2, -0.15) is 5.10 Å². The summed E-state index contributed by atoms with van der Waals surface area (Å²) in [6.07, 6.45) is 1.53. The number of aryl methyl sites for hydroxylation is 1. The Morgan fingerprint density at radius 2 is 1.95 bits per heavy atom. The molecule has 1 N–H and O–H groups in total. The summed E-state index contributed by atoms with van der Waals surface area (Å²) >= 11 is 3.24. The van der Waals surface area contributed by atoms with Crippen LogP contribution in [0.15, 0.2) is 34.9 Å². The summed E-state index contributed by atoms with van der Waals surface area (Å²) in [5.74, 6) is -1.49. The van der Waals surface area contributed by atoms with Gasteiger partial charge in [-0.1, -0.05) is 18.2 Å². The highest BCUT2D eigenvalue weighted by Crippen LogP contribution is 2.21. The fourth-order valence-corrected chi connectivity index (χ4v) is 2.03. The molecule has 2 rings (SSSR count). The first-order valence-electron chi connectivity index (χ1n) is 5.30. The van der Waals surface area contributed by atoms with Crippen LogP contribution in [-0.2, 0) is 7.05 Å². The third-order valence-electron chi connectivity index (χ3n) is 2.52. The van der Waals surface area contributed by atoms with Crippen molar-refractivity contribution in [2.24, 2.45) is 7.05 Å². The van der Waals surface area contributed by atoms with E-state index < -0.39 is 11.9 Å². The van der Waals surface area contributed by atoms with E-state index in [2.05, 4.69) is 26.3 Å². The first kappa shape index (κ1) is 13.3. The molecule has 0 saturated heterocycles. The molecule has 0 aliphatic rings. The van der Waals surface area contributed by atoms with Gasteiger partial charge in [0, 0.05) is 18.2 Å². The monoisotopic (exact) mass is 322 g/mol. The van der Waals surface area contributed by atoms with Crippen LogP contribution in [0.4, 0.5) is 5.82 Å². The molecule has 19 heavy (non-hydrogen) atoms. The van der Waals surface area contributed by atoms with Crippen molar-refractivity contribution in [1.29, 1.82) is 0 Å². The lowest BCUT2D eigenvalue weighted by Gasteiger charge is -2.11. The van der Waals surface area contributed by atoms with Gasteiger partial charge in [-0.25, -0.2) is 0 Å². The molecular weight excluding hydrogens is 314 g/mol. The highest BCUT2D eigenvalue weighted by Gasteiger charge is 2.15. The Balaban J connectivity index is 2.33. The second-order valence-electron chi connectivity index (χ2n) is 3.75. The quantitative estimate of drug-likeness (QED) is 0.905. The van der Waals surface area contributed by atoms with Crippen molar-refractivity contribution in [3.63, 3.8) is 0 Å². The molecule has 98 valence electrons. The average molecular weight is 323 g/mol. The third-order valence-corrected chi connectivity index (χ3v) is 3.10. The second kappa shape index (κ2) is 5.23. The molecule has 0 atom stereocenters. The summed E-state index contributed by atoms with van der Waals surface area (Å²) in [5, 5.41) is 17.5. The SMILES string of the molecule is Cn1ncc(Br)c1NC(=O)c1ccccc1C(=O)[O-]. The number of hydrogen-bond acceptors (Lipinski definition) is 4. The molecule has 0 unspecified atom stereocenters. The summed E-state index contributed by atoms with van der Waals surface area (Å²) < 4.78 is 2.07. The predicted octanol–water partition coefficient (Wildman–Crippen LogP) is 0.798. The van der Waals surface area contributed by atoms with E-state index in [1.54, 1.807) is 13.1 Å². The number of rotatable bonds is 3. The first-order chi connectivity index (χ1) is 9.00. The third kappa shape index (κ3) is 2.65. The van der Waals surface area contributed by atoms with Crippen LogP contribution in [0.1, 0.15) is 20.7 Å². The van der Waals surface area contributed by atoms with Crippen LogP contribution in [-0.4, -0.2) is 21.7 Å². The van der Waals surface area contributed by atoms with E-state index in [9.17, 15) is 14.7 Å². The van der Waals surface area contributed by atoms with Crippen LogP contribution in [0.2, 0.25) is 0 Å². The van der Waals surface area contributed by atoms with Crippen molar-refractivity contribution in [3.8, 4) is 0 Å². The van der Waals surface area contributed by atoms with Gasteiger partial charge in [-0.05, 0) is 22.0 Å². The molecule has 0 bridgehead atoms. The number of carbonyl (C=O) groups is 2. The lowest BCUT2D eigenvalue weighted by molar-refractivity contribution is -0.255. The Hall–Kier alpha value is -2.15. The summed E-state index contributed by atoms with van der Waals surface area (Å²) in [7, 11) is 1.66. The number of carboxylic acids is 1. The zero-order valence-electron chi connectivity index (χ0n) is 9.88. The Bertz CT molecular complexity index is 632. The number of nitrogens with one attached hydrogen (secondary N) is 1. The maximum Gasteiger partial charge on any atom is 0.257 e. The maximum atomic E-state index is 12.1. The van der Waals surface area contributed by atoms with Crippen LogP contribution in [0.25, 0.3) is 0 Å². The van der Waals surface area contributed by atoms with Crippen LogP contribution < -0.4 is 10.4 Å². The van der Waals surface area contributed by atoms with Crippen LogP contribution >= 0.6 is 15.9 Å². The fraction of sp³-hybridized carbons (Fsp3) is 0.0833. The van der Waals surface area contributed by atoms with Gasteiger partial charge in [0.15, 0.2) is 0 Å². The normalized spacial score (nSPS) is 10.2. The molecule has 0 aliphatic carbocycles. The number of nitrogens with zero attached hydrogens (tertiary/aromatic N) is 2. The topological polar surface area (TPSA) is 87.0 Å². The molecule has 0 aliphatic heterocycles. The molecule has 0 saturated carbocycles. The van der Waals surface area contributed by atoms with E-state index in [4.69, 9.17) is 0 Å². The summed E-state index contributed by atoms with van der Waals surface area (Å²) in [5.41, 5.74) is -0.117. The maximum absolute atomic E-state index is 12.1. The van der Waals surface area contributed by atoms with Crippen molar-refractivity contribution in [2.75, 3.05) is 5.32 Å². The van der Waals surface area contributed by atoms with Crippen molar-refractivity contribution in [3.05, 3.63) is 46.1 Å². The molecule has 1 heterocycles. The van der Waals surface area contributed by atoms with Gasteiger partial charge in [-0.3, -0.25) is 9.48 Å². The van der Waals surface area contributed by atoms with Gasteiger partial charge in [0.05, 0.1) is 16.6 Å². The van der Waals surface area contributed by atoms with E-state index in [0.717, 1.165) is 0 Å². The number of benzene rings is 1. The number of anilines is 1. The van der Waals surface area contributed by atoms with Crippen LogP contribution in [0.3, 0.4) is 0 Å². The Morgan fingerprint density at radius 1 is 1.32 bits per heavy atom. The number of halogens is 1. The minimum Gasteiger partial charge on any atom is -0.545 e. The van der Waals surface area contributed by atoms with E-state index in [1.807, 2.05) is 0 Å². The zero-order chi connectivity index (χ0) is 14.0. The fourth-order valence-electron chi connectivity index (χ4n) is 1.59. The lowest BCUT2D eigenvalue weighted by atomic mass is 10.1. The number of aromatic carboxylic acids is 1. The van der Waals surface area contributed by atoms with E-state index in [1.165, 1.54) is 29.1 Å². The standard InChI is InChI=1S/C12H10BrN3O3/c1-16-10(9(13)6-14-16)15-11(17)7-4-2-3-5-8(7)12(18)19/h2-6H,1H3,(H,15,17)(H,18,19)/p-1. The lowest BCUT2D eigenvalue weighted by Crippen LogP contribution is -2.26. The number of carbonyl (C=O) groups excluding carboxylic acids is 2. The molecule has 1 aromatic carbocycles. The summed E-state index contributed by atoms with van der Waals surface area (Å²) in [6, 6.07) is 5.86. The van der Waals surface area contributed by atoms with Crippen molar-refractivity contribution < 1.29 is 14.7 Å². The average Bonchev–Trinajstić information content (AvgIpc) is 2.70. The molecule has 6 nitrogen and oxygen atoms in total. The molecule has 0 radical (unpaired) electrons. The van der Waals surface area contributed by atoms with Gasteiger partial charge >= 0.3 is 0 Å². The smallest absolute Gasteiger partial charge is 0.257 e. The van der Waals surface area contributed by atoms with E-state index in [0.29, 0.717) is 10.3 Å². The van der Waals surface area contributed by atoms with Gasteiger partial charge in [0.25, 0.3) is 5.91 Å². The number of amides is 1. The number of hydrogen-bond donors (Lipinski definition) is 1. The van der Waals surface area contributed by atoms with Crippen LogP contribution in [0, 0.1) is 0 Å².